The van der Waals surface area contributed by atoms with Gasteiger partial charge in [-0.25, -0.2) is 4.98 Å². The van der Waals surface area contributed by atoms with Gasteiger partial charge in [0.05, 0.1) is 6.10 Å². The van der Waals surface area contributed by atoms with E-state index in [1.807, 2.05) is 12.3 Å². The maximum Gasteiger partial charge on any atom is 0.133 e. The molecule has 0 saturated carbocycles. The van der Waals surface area contributed by atoms with Crippen molar-refractivity contribution < 1.29 is 4.74 Å². The largest absolute Gasteiger partial charge is 0.378 e. The fraction of sp³-hybridized carbons (Fsp3) is 0.667. The molecule has 0 bridgehead atoms. The second-order valence-electron chi connectivity index (χ2n) is 4.91. The van der Waals surface area contributed by atoms with E-state index in [-0.39, 0.29) is 0 Å². The van der Waals surface area contributed by atoms with E-state index in [1.165, 1.54) is 5.56 Å². The lowest BCUT2D eigenvalue weighted by molar-refractivity contribution is 0.0458. The summed E-state index contributed by atoms with van der Waals surface area (Å²) < 4.78 is 5.70. The molecule has 1 aromatic heterocycles. The van der Waals surface area contributed by atoms with Crippen LogP contribution in [0, 0.1) is 0 Å². The van der Waals surface area contributed by atoms with Crippen LogP contribution in [0.1, 0.15) is 32.3 Å². The van der Waals surface area contributed by atoms with Crippen LogP contribution in [0.3, 0.4) is 0 Å². The molecule has 0 radical (unpaired) electrons. The molecule has 1 aliphatic rings. The van der Waals surface area contributed by atoms with Crippen molar-refractivity contribution in [2.24, 2.45) is 0 Å². The van der Waals surface area contributed by atoms with Crippen LogP contribution in [-0.4, -0.2) is 37.3 Å². The molecule has 0 spiro atoms. The summed E-state index contributed by atoms with van der Waals surface area (Å²) in [4.78, 5) is 6.96. The Bertz CT molecular complexity index is 375. The van der Waals surface area contributed by atoms with E-state index in [0.717, 1.165) is 51.4 Å². The fourth-order valence-corrected chi connectivity index (χ4v) is 2.58. The normalized spacial score (nSPS) is 16.8. The maximum absolute atomic E-state index is 5.70. The molecule has 1 fully saturated rings. The Balaban J connectivity index is 1.98. The zero-order valence-electron chi connectivity index (χ0n) is 12.1. The van der Waals surface area contributed by atoms with Gasteiger partial charge in [-0.2, -0.15) is 0 Å². The predicted octanol–water partition coefficient (Wildman–Crippen LogP) is 2.20. The lowest BCUT2D eigenvalue weighted by atomic mass is 10.1. The third-order valence-electron chi connectivity index (χ3n) is 3.58. The Hall–Kier alpha value is -1.13. The molecular weight excluding hydrogens is 238 g/mol. The molecule has 2 rings (SSSR count). The Labute approximate surface area is 116 Å². The van der Waals surface area contributed by atoms with Crippen LogP contribution in [-0.2, 0) is 11.3 Å². The molecule has 0 unspecified atom stereocenters. The number of rotatable bonds is 6. The first-order valence-corrected chi connectivity index (χ1v) is 7.36. The van der Waals surface area contributed by atoms with E-state index in [2.05, 4.69) is 35.1 Å². The van der Waals surface area contributed by atoms with Crippen molar-refractivity contribution in [3.05, 3.63) is 23.9 Å². The third kappa shape index (κ3) is 3.91. The minimum atomic E-state index is 0.433. The quantitative estimate of drug-likeness (QED) is 0.854. The predicted molar refractivity (Wildman–Crippen MR) is 78.5 cm³/mol. The molecule has 1 aliphatic heterocycles. The van der Waals surface area contributed by atoms with Crippen molar-refractivity contribution in [1.29, 1.82) is 0 Å². The smallest absolute Gasteiger partial charge is 0.133 e. The lowest BCUT2D eigenvalue weighted by Gasteiger charge is -2.33. The van der Waals surface area contributed by atoms with Gasteiger partial charge in [0.15, 0.2) is 0 Å². The molecule has 1 N–H and O–H groups in total. The van der Waals surface area contributed by atoms with E-state index in [1.54, 1.807) is 0 Å². The summed E-state index contributed by atoms with van der Waals surface area (Å²) in [6.07, 6.45) is 4.53. The minimum absolute atomic E-state index is 0.433. The van der Waals surface area contributed by atoms with Gasteiger partial charge < -0.3 is 15.0 Å². The molecule has 19 heavy (non-hydrogen) atoms. The zero-order chi connectivity index (χ0) is 13.5. The van der Waals surface area contributed by atoms with Gasteiger partial charge in [0.25, 0.3) is 0 Å². The van der Waals surface area contributed by atoms with Crippen molar-refractivity contribution >= 4 is 5.82 Å². The van der Waals surface area contributed by atoms with Gasteiger partial charge in [-0.15, -0.1) is 0 Å². The molecule has 0 aliphatic carbocycles. The van der Waals surface area contributed by atoms with Crippen LogP contribution in [0.2, 0.25) is 0 Å². The van der Waals surface area contributed by atoms with Crippen molar-refractivity contribution in [2.45, 2.75) is 39.3 Å². The van der Waals surface area contributed by atoms with Gasteiger partial charge in [-0.1, -0.05) is 13.0 Å². The standard InChI is InChI=1S/C15H25N3O/c1-3-16-12-13-6-5-9-17-15(13)18-10-7-14(8-11-18)19-4-2/h5-6,9,14,16H,3-4,7-8,10-12H2,1-2H3. The number of nitrogens with one attached hydrogen (secondary N) is 1. The van der Waals surface area contributed by atoms with E-state index in [0.29, 0.717) is 6.10 Å². The zero-order valence-corrected chi connectivity index (χ0v) is 12.1. The van der Waals surface area contributed by atoms with Crippen LogP contribution in [0.15, 0.2) is 18.3 Å². The summed E-state index contributed by atoms with van der Waals surface area (Å²) in [5, 5.41) is 3.38. The van der Waals surface area contributed by atoms with Gasteiger partial charge in [0, 0.05) is 38.0 Å². The van der Waals surface area contributed by atoms with Crippen molar-refractivity contribution in [1.82, 2.24) is 10.3 Å². The second kappa shape index (κ2) is 7.46. The molecule has 4 heteroatoms. The maximum atomic E-state index is 5.70. The highest BCUT2D eigenvalue weighted by Gasteiger charge is 2.21. The minimum Gasteiger partial charge on any atom is -0.378 e. The van der Waals surface area contributed by atoms with E-state index < -0.39 is 0 Å². The summed E-state index contributed by atoms with van der Waals surface area (Å²) in [5.41, 5.74) is 1.29. The van der Waals surface area contributed by atoms with Gasteiger partial charge in [0.1, 0.15) is 5.82 Å². The van der Waals surface area contributed by atoms with Crippen molar-refractivity contribution in [3.8, 4) is 0 Å². The summed E-state index contributed by atoms with van der Waals surface area (Å²) in [5.74, 6) is 1.14. The molecule has 0 aromatic carbocycles. The van der Waals surface area contributed by atoms with E-state index in [9.17, 15) is 0 Å². The summed E-state index contributed by atoms with van der Waals surface area (Å²) >= 11 is 0. The SMILES string of the molecule is CCNCc1cccnc1N1CCC(OCC)CC1. The van der Waals surface area contributed by atoms with Crippen LogP contribution in [0.4, 0.5) is 5.82 Å². The number of anilines is 1. The Morgan fingerprint density at radius 1 is 1.37 bits per heavy atom. The first kappa shape index (κ1) is 14.3. The summed E-state index contributed by atoms with van der Waals surface area (Å²) in [6.45, 7) is 8.98. The van der Waals surface area contributed by atoms with Crippen LogP contribution in [0.5, 0.6) is 0 Å². The number of pyridine rings is 1. The van der Waals surface area contributed by atoms with Gasteiger partial charge >= 0.3 is 0 Å². The van der Waals surface area contributed by atoms with E-state index in [4.69, 9.17) is 4.74 Å². The molecule has 106 valence electrons. The average molecular weight is 263 g/mol. The van der Waals surface area contributed by atoms with Crippen molar-refractivity contribution in [2.75, 3.05) is 31.1 Å². The van der Waals surface area contributed by atoms with Gasteiger partial charge in [-0.05, 0) is 32.4 Å². The number of aromatic nitrogens is 1. The molecule has 1 saturated heterocycles. The van der Waals surface area contributed by atoms with Crippen LogP contribution in [0.25, 0.3) is 0 Å². The number of nitrogens with zero attached hydrogens (tertiary/aromatic N) is 2. The summed E-state index contributed by atoms with van der Waals surface area (Å²) in [6, 6.07) is 4.18. The molecule has 1 aromatic rings. The van der Waals surface area contributed by atoms with Crippen LogP contribution >= 0.6 is 0 Å². The average Bonchev–Trinajstić information content (AvgIpc) is 2.47. The van der Waals surface area contributed by atoms with Crippen molar-refractivity contribution in [3.63, 3.8) is 0 Å². The lowest BCUT2D eigenvalue weighted by Crippen LogP contribution is -2.38. The highest BCUT2D eigenvalue weighted by Crippen LogP contribution is 2.22. The number of hydrogen-bond donors (Lipinski definition) is 1. The third-order valence-corrected chi connectivity index (χ3v) is 3.58. The van der Waals surface area contributed by atoms with E-state index >= 15 is 0 Å². The second-order valence-corrected chi connectivity index (χ2v) is 4.91. The monoisotopic (exact) mass is 263 g/mol. The number of piperidine rings is 1. The molecule has 4 nitrogen and oxygen atoms in total. The first-order chi connectivity index (χ1) is 9.35. The highest BCUT2D eigenvalue weighted by molar-refractivity contribution is 5.47. The number of ether oxygens (including phenoxy) is 1. The number of hydrogen-bond acceptors (Lipinski definition) is 4. The van der Waals surface area contributed by atoms with Gasteiger partial charge in [0.2, 0.25) is 0 Å². The van der Waals surface area contributed by atoms with Gasteiger partial charge in [-0.3, -0.25) is 0 Å². The van der Waals surface area contributed by atoms with Crippen LogP contribution < -0.4 is 10.2 Å². The molecule has 0 amide bonds. The molecule has 0 atom stereocenters. The highest BCUT2D eigenvalue weighted by atomic mass is 16.5. The molecule has 2 heterocycles. The Morgan fingerprint density at radius 2 is 2.16 bits per heavy atom. The summed E-state index contributed by atoms with van der Waals surface area (Å²) in [7, 11) is 0. The first-order valence-electron chi connectivity index (χ1n) is 7.36. The topological polar surface area (TPSA) is 37.4 Å². The Kier molecular flexibility index (Phi) is 5.61. The molecular formula is C15H25N3O. The Morgan fingerprint density at radius 3 is 2.84 bits per heavy atom. The fourth-order valence-electron chi connectivity index (χ4n) is 2.58.